The number of hydrogen-bond donors (Lipinski definition) is 1. The molecule has 0 aromatic heterocycles. The second-order valence-electron chi connectivity index (χ2n) is 8.49. The van der Waals surface area contributed by atoms with Gasteiger partial charge in [-0.15, -0.1) is 0 Å². The molecule has 0 spiro atoms. The topological polar surface area (TPSA) is 57.6 Å². The number of hydrogen-bond acceptors (Lipinski definition) is 4. The lowest BCUT2D eigenvalue weighted by molar-refractivity contribution is -0.117. The van der Waals surface area contributed by atoms with E-state index < -0.39 is 0 Å². The van der Waals surface area contributed by atoms with E-state index in [4.69, 9.17) is 0 Å². The third-order valence-electron chi connectivity index (χ3n) is 6.58. The maximum Gasteiger partial charge on any atom is 0.161 e. The quantitative estimate of drug-likeness (QED) is 0.609. The summed E-state index contributed by atoms with van der Waals surface area (Å²) in [6.45, 7) is 0.672. The van der Waals surface area contributed by atoms with Gasteiger partial charge >= 0.3 is 0 Å². The van der Waals surface area contributed by atoms with Gasteiger partial charge in [-0.25, -0.2) is 0 Å². The zero-order valence-electron chi connectivity index (χ0n) is 17.2. The van der Waals surface area contributed by atoms with Crippen molar-refractivity contribution in [3.05, 3.63) is 86.7 Å². The Balaban J connectivity index is 1.71. The predicted octanol–water partition coefficient (Wildman–Crippen LogP) is 5.77. The average Bonchev–Trinajstić information content (AvgIpc) is 2.77. The van der Waals surface area contributed by atoms with Crippen LogP contribution in [0.2, 0.25) is 0 Å². The summed E-state index contributed by atoms with van der Waals surface area (Å²) >= 11 is 3.41. The monoisotopic (exact) mass is 477 g/mol. The van der Waals surface area contributed by atoms with Crippen LogP contribution in [-0.2, 0) is 16.1 Å². The normalized spacial score (nSPS) is 19.6. The zero-order chi connectivity index (χ0) is 21.5. The molecule has 158 valence electrons. The van der Waals surface area contributed by atoms with E-state index in [9.17, 15) is 14.7 Å². The molecule has 5 rings (SSSR count). The van der Waals surface area contributed by atoms with E-state index >= 15 is 0 Å². The number of Topliss-reactive ketones (excluding diaryl/α,β-unsaturated/α-hetero) is 2. The fourth-order valence-electron chi connectivity index (χ4n) is 5.21. The summed E-state index contributed by atoms with van der Waals surface area (Å²) in [5, 5.41) is 10.0. The van der Waals surface area contributed by atoms with Crippen molar-refractivity contribution in [1.29, 1.82) is 0 Å². The van der Waals surface area contributed by atoms with Crippen LogP contribution in [0.1, 0.15) is 55.6 Å². The van der Waals surface area contributed by atoms with Gasteiger partial charge in [-0.2, -0.15) is 0 Å². The smallest absolute Gasteiger partial charge is 0.161 e. The first-order valence-corrected chi connectivity index (χ1v) is 11.7. The highest BCUT2D eigenvalue weighted by Gasteiger charge is 2.43. The summed E-state index contributed by atoms with van der Waals surface area (Å²) in [4.78, 5) is 28.8. The Hall–Kier alpha value is -2.66. The Morgan fingerprint density at radius 2 is 1.48 bits per heavy atom. The molecule has 1 aliphatic heterocycles. The van der Waals surface area contributed by atoms with Gasteiger partial charge in [0.15, 0.2) is 11.6 Å². The summed E-state index contributed by atoms with van der Waals surface area (Å²) in [7, 11) is 0. The largest absolute Gasteiger partial charge is 0.507 e. The number of allylic oxidation sites excluding steroid dienone is 4. The lowest BCUT2D eigenvalue weighted by Gasteiger charge is -2.44. The van der Waals surface area contributed by atoms with E-state index in [2.05, 4.69) is 33.0 Å². The van der Waals surface area contributed by atoms with Gasteiger partial charge in [0.2, 0.25) is 0 Å². The number of aromatic hydroxyl groups is 1. The van der Waals surface area contributed by atoms with Crippen molar-refractivity contribution in [1.82, 2.24) is 4.90 Å². The third-order valence-corrected chi connectivity index (χ3v) is 7.21. The molecule has 0 unspecified atom stereocenters. The van der Waals surface area contributed by atoms with Gasteiger partial charge in [0.05, 0.1) is 4.47 Å². The van der Waals surface area contributed by atoms with Crippen molar-refractivity contribution >= 4 is 27.5 Å². The Morgan fingerprint density at radius 3 is 2.06 bits per heavy atom. The Kier molecular flexibility index (Phi) is 5.30. The fraction of sp³-hybridized carbons (Fsp3) is 0.308. The van der Waals surface area contributed by atoms with Gasteiger partial charge in [0, 0.05) is 47.8 Å². The predicted molar refractivity (Wildman–Crippen MR) is 122 cm³/mol. The second-order valence-corrected chi connectivity index (χ2v) is 9.34. The molecule has 2 aliphatic carbocycles. The van der Waals surface area contributed by atoms with E-state index in [0.717, 1.165) is 53.8 Å². The molecule has 5 heteroatoms. The van der Waals surface area contributed by atoms with Crippen LogP contribution < -0.4 is 0 Å². The van der Waals surface area contributed by atoms with Crippen LogP contribution in [0.4, 0.5) is 0 Å². The molecule has 0 saturated carbocycles. The van der Waals surface area contributed by atoms with Crippen molar-refractivity contribution in [3.8, 4) is 5.75 Å². The Morgan fingerprint density at radius 1 is 0.871 bits per heavy atom. The van der Waals surface area contributed by atoms with Crippen LogP contribution >= 0.6 is 15.9 Å². The number of rotatable bonds is 3. The van der Waals surface area contributed by atoms with E-state index in [1.807, 2.05) is 30.3 Å². The van der Waals surface area contributed by atoms with Crippen LogP contribution in [0.3, 0.4) is 0 Å². The summed E-state index contributed by atoms with van der Waals surface area (Å²) in [6, 6.07) is 15.6. The van der Waals surface area contributed by atoms with Gasteiger partial charge in [0.1, 0.15) is 5.75 Å². The lowest BCUT2D eigenvalue weighted by atomic mass is 9.71. The highest BCUT2D eigenvalue weighted by molar-refractivity contribution is 9.10. The van der Waals surface area contributed by atoms with Crippen LogP contribution in [-0.4, -0.2) is 21.6 Å². The van der Waals surface area contributed by atoms with Gasteiger partial charge in [0.25, 0.3) is 0 Å². The first-order valence-electron chi connectivity index (χ1n) is 10.9. The SMILES string of the molecule is O=C1CCCC2=C1C(c1ccc(O)c(Br)c1)C1=C(CCCC1=O)N2Cc1ccccc1. The molecule has 31 heavy (non-hydrogen) atoms. The zero-order valence-corrected chi connectivity index (χ0v) is 18.8. The number of phenolic OH excluding ortho intramolecular Hbond substituents is 1. The van der Waals surface area contributed by atoms with Gasteiger partial charge < -0.3 is 10.0 Å². The molecular formula is C26H24BrNO3. The van der Waals surface area contributed by atoms with E-state index in [-0.39, 0.29) is 23.2 Å². The maximum absolute atomic E-state index is 13.3. The Bertz CT molecular complexity index is 1090. The van der Waals surface area contributed by atoms with Crippen LogP contribution in [0.5, 0.6) is 5.75 Å². The molecule has 0 amide bonds. The minimum absolute atomic E-state index is 0.137. The lowest BCUT2D eigenvalue weighted by Crippen LogP contribution is -2.38. The molecule has 0 radical (unpaired) electrons. The van der Waals surface area contributed by atoms with Crippen LogP contribution in [0, 0.1) is 0 Å². The standard InChI is InChI=1S/C26H24BrNO3/c27-18-14-17(12-13-21(18)29)24-25-19(8-4-10-22(25)30)28(15-16-6-2-1-3-7-16)20-9-5-11-23(31)26(20)24/h1-3,6-7,12-14,24,29H,4-5,8-11,15H2. The molecule has 2 aromatic carbocycles. The molecule has 0 atom stereocenters. The molecule has 1 N–H and O–H groups in total. The molecule has 4 nitrogen and oxygen atoms in total. The number of halogens is 1. The molecule has 3 aliphatic rings. The molecule has 2 aromatic rings. The first-order chi connectivity index (χ1) is 15.0. The minimum atomic E-state index is -0.352. The number of carbonyl (C=O) groups excluding carboxylic acids is 2. The summed E-state index contributed by atoms with van der Waals surface area (Å²) < 4.78 is 0.576. The van der Waals surface area contributed by atoms with Crippen molar-refractivity contribution in [2.75, 3.05) is 0 Å². The highest BCUT2D eigenvalue weighted by Crippen LogP contribution is 2.50. The van der Waals surface area contributed by atoms with Crippen LogP contribution in [0.15, 0.2) is 75.5 Å². The molecule has 0 saturated heterocycles. The number of phenols is 1. The van der Waals surface area contributed by atoms with E-state index in [0.29, 0.717) is 23.9 Å². The molecule has 0 fully saturated rings. The van der Waals surface area contributed by atoms with Gasteiger partial charge in [-0.1, -0.05) is 36.4 Å². The Labute approximate surface area is 190 Å². The number of ketones is 2. The van der Waals surface area contributed by atoms with Gasteiger partial charge in [-0.3, -0.25) is 9.59 Å². The van der Waals surface area contributed by atoms with Crippen LogP contribution in [0.25, 0.3) is 0 Å². The number of carbonyl (C=O) groups is 2. The van der Waals surface area contributed by atoms with Crippen molar-refractivity contribution < 1.29 is 14.7 Å². The molecule has 0 bridgehead atoms. The molecule has 1 heterocycles. The first kappa shape index (κ1) is 20.3. The summed E-state index contributed by atoms with van der Waals surface area (Å²) in [6.07, 6.45) is 4.40. The van der Waals surface area contributed by atoms with Crippen molar-refractivity contribution in [2.45, 2.75) is 51.0 Å². The van der Waals surface area contributed by atoms with Gasteiger partial charge in [-0.05, 0) is 64.9 Å². The summed E-state index contributed by atoms with van der Waals surface area (Å²) in [5.41, 5.74) is 5.74. The van der Waals surface area contributed by atoms with Crippen molar-refractivity contribution in [2.24, 2.45) is 0 Å². The second kappa shape index (κ2) is 8.12. The average molecular weight is 478 g/mol. The number of benzene rings is 2. The van der Waals surface area contributed by atoms with E-state index in [1.54, 1.807) is 6.07 Å². The number of nitrogens with zero attached hydrogens (tertiary/aromatic N) is 1. The van der Waals surface area contributed by atoms with Crippen molar-refractivity contribution in [3.63, 3.8) is 0 Å². The minimum Gasteiger partial charge on any atom is -0.507 e. The fourth-order valence-corrected chi connectivity index (χ4v) is 5.61. The maximum atomic E-state index is 13.3. The molecular weight excluding hydrogens is 454 g/mol. The third kappa shape index (κ3) is 3.55. The van der Waals surface area contributed by atoms with E-state index in [1.165, 1.54) is 5.56 Å². The highest BCUT2D eigenvalue weighted by atomic mass is 79.9. The summed E-state index contributed by atoms with van der Waals surface area (Å²) in [5.74, 6) is 0.0741.